The first-order valence-electron chi connectivity index (χ1n) is 5.93. The van der Waals surface area contributed by atoms with Gasteiger partial charge in [-0.3, -0.25) is 0 Å². The zero-order chi connectivity index (χ0) is 12.5. The predicted molar refractivity (Wildman–Crippen MR) is 64.6 cm³/mol. The van der Waals surface area contributed by atoms with Gasteiger partial charge < -0.3 is 9.40 Å². The molecule has 92 valence electrons. The first kappa shape index (κ1) is 11.9. The summed E-state index contributed by atoms with van der Waals surface area (Å²) in [5.74, 6) is 1.40. The van der Waals surface area contributed by atoms with Gasteiger partial charge in [-0.05, 0) is 0 Å². The van der Waals surface area contributed by atoms with Crippen LogP contribution in [0.5, 0.6) is 0 Å². The first-order valence-corrected chi connectivity index (χ1v) is 5.93. The number of H-pyrrole nitrogens is 1. The summed E-state index contributed by atoms with van der Waals surface area (Å²) >= 11 is 0. The van der Waals surface area contributed by atoms with Crippen molar-refractivity contribution in [3.8, 4) is 0 Å². The van der Waals surface area contributed by atoms with Crippen molar-refractivity contribution >= 4 is 0 Å². The van der Waals surface area contributed by atoms with E-state index in [1.54, 1.807) is 12.7 Å². The molecule has 0 aliphatic rings. The maximum absolute atomic E-state index is 5.58. The fourth-order valence-electron chi connectivity index (χ4n) is 1.75. The molecule has 0 aliphatic heterocycles. The lowest BCUT2D eigenvalue weighted by Gasteiger charge is -2.10. The highest BCUT2D eigenvalue weighted by atomic mass is 16.3. The molecule has 0 aromatic carbocycles. The zero-order valence-corrected chi connectivity index (χ0v) is 10.9. The van der Waals surface area contributed by atoms with Gasteiger partial charge >= 0.3 is 6.39 Å². The second kappa shape index (κ2) is 4.35. The molecule has 0 saturated carbocycles. The van der Waals surface area contributed by atoms with Gasteiger partial charge in [0.15, 0.2) is 12.3 Å². The average molecular weight is 234 g/mol. The minimum atomic E-state index is 0.0580. The lowest BCUT2D eigenvalue weighted by molar-refractivity contribution is -0.702. The van der Waals surface area contributed by atoms with E-state index in [0.29, 0.717) is 5.92 Å². The molecule has 0 amide bonds. The monoisotopic (exact) mass is 234 g/mol. The highest BCUT2D eigenvalue weighted by Crippen LogP contribution is 2.20. The van der Waals surface area contributed by atoms with E-state index in [1.165, 1.54) is 0 Å². The predicted octanol–water partition coefficient (Wildman–Crippen LogP) is 2.39. The lowest BCUT2D eigenvalue weighted by atomic mass is 9.94. The molecule has 1 N–H and O–H groups in total. The number of aromatic amines is 1. The third-order valence-corrected chi connectivity index (χ3v) is 2.87. The quantitative estimate of drug-likeness (QED) is 0.829. The van der Waals surface area contributed by atoms with Crippen LogP contribution >= 0.6 is 0 Å². The van der Waals surface area contributed by atoms with Crippen molar-refractivity contribution in [1.82, 2.24) is 9.97 Å². The van der Waals surface area contributed by atoms with E-state index in [2.05, 4.69) is 48.4 Å². The number of hydrogen-bond donors (Lipinski definition) is 1. The Morgan fingerprint density at radius 2 is 2.24 bits per heavy atom. The highest BCUT2D eigenvalue weighted by molar-refractivity contribution is 5.02. The molecule has 2 heterocycles. The van der Waals surface area contributed by atoms with E-state index in [9.17, 15) is 0 Å². The molecule has 0 spiro atoms. The molecule has 0 fully saturated rings. The molecule has 0 saturated heterocycles. The van der Waals surface area contributed by atoms with E-state index in [4.69, 9.17) is 4.42 Å². The van der Waals surface area contributed by atoms with Crippen LogP contribution in [-0.2, 0) is 12.0 Å². The Balaban J connectivity index is 2.07. The fourth-order valence-corrected chi connectivity index (χ4v) is 1.75. The second-order valence-electron chi connectivity index (χ2n) is 5.57. The number of nitrogens with one attached hydrogen (secondary N) is 1. The van der Waals surface area contributed by atoms with Crippen LogP contribution in [0, 0.1) is 0 Å². The molecule has 0 bridgehead atoms. The molecule has 4 nitrogen and oxygen atoms in total. The second-order valence-corrected chi connectivity index (χ2v) is 5.57. The lowest BCUT2D eigenvalue weighted by Crippen LogP contribution is -2.33. The van der Waals surface area contributed by atoms with Crippen LogP contribution < -0.4 is 4.57 Å². The van der Waals surface area contributed by atoms with Crippen molar-refractivity contribution in [3.63, 3.8) is 0 Å². The summed E-state index contributed by atoms with van der Waals surface area (Å²) < 4.78 is 7.67. The van der Waals surface area contributed by atoms with Crippen molar-refractivity contribution in [2.75, 3.05) is 0 Å². The number of nitrogens with zero attached hydrogens (tertiary/aromatic N) is 2. The highest BCUT2D eigenvalue weighted by Gasteiger charge is 2.23. The summed E-state index contributed by atoms with van der Waals surface area (Å²) in [6.45, 7) is 9.50. The maximum atomic E-state index is 5.58. The van der Waals surface area contributed by atoms with Gasteiger partial charge in [-0.1, -0.05) is 27.7 Å². The third-order valence-electron chi connectivity index (χ3n) is 2.87. The van der Waals surface area contributed by atoms with Gasteiger partial charge in [-0.15, -0.1) is 0 Å². The van der Waals surface area contributed by atoms with E-state index in [1.807, 2.05) is 6.20 Å². The summed E-state index contributed by atoms with van der Waals surface area (Å²) in [6.07, 6.45) is 7.45. The number of rotatable bonds is 3. The van der Waals surface area contributed by atoms with Gasteiger partial charge in [0, 0.05) is 17.3 Å². The topological polar surface area (TPSA) is 45.7 Å². The van der Waals surface area contributed by atoms with E-state index in [-0.39, 0.29) is 5.41 Å². The Morgan fingerprint density at radius 3 is 2.76 bits per heavy atom. The van der Waals surface area contributed by atoms with Crippen LogP contribution in [0.3, 0.4) is 0 Å². The number of oxazole rings is 1. The number of imidazole rings is 1. The van der Waals surface area contributed by atoms with Gasteiger partial charge in [-0.2, -0.15) is 4.57 Å². The van der Waals surface area contributed by atoms with Crippen LogP contribution in [0.1, 0.15) is 45.1 Å². The SMILES string of the molecule is CC(C[n+]1coc(C(C)(C)C)c1)c1cnc[nH]1. The van der Waals surface area contributed by atoms with Crippen molar-refractivity contribution in [2.24, 2.45) is 0 Å². The largest absolute Gasteiger partial charge is 0.408 e. The van der Waals surface area contributed by atoms with Crippen LogP contribution in [-0.4, -0.2) is 9.97 Å². The molecule has 1 unspecified atom stereocenters. The van der Waals surface area contributed by atoms with E-state index >= 15 is 0 Å². The Hall–Kier alpha value is -1.58. The van der Waals surface area contributed by atoms with Gasteiger partial charge in [0.1, 0.15) is 0 Å². The Labute approximate surface area is 102 Å². The average Bonchev–Trinajstić information content (AvgIpc) is 2.85. The fraction of sp³-hybridized carbons (Fsp3) is 0.538. The number of hydrogen-bond acceptors (Lipinski definition) is 2. The van der Waals surface area contributed by atoms with Crippen LogP contribution in [0.15, 0.2) is 29.5 Å². The van der Waals surface area contributed by atoms with E-state index < -0.39 is 0 Å². The molecule has 2 rings (SSSR count). The standard InChI is InChI=1S/C13H20N3O/c1-10(11-5-14-8-15-11)6-16-7-12(17-9-16)13(2,3)4/h5,7-10H,6H2,1-4H3,(H,14,15)/q+1. The number of aromatic nitrogens is 3. The summed E-state index contributed by atoms with van der Waals surface area (Å²) in [4.78, 5) is 7.18. The molecule has 17 heavy (non-hydrogen) atoms. The van der Waals surface area contributed by atoms with Gasteiger partial charge in [0.05, 0.1) is 12.2 Å². The third kappa shape index (κ3) is 2.75. The smallest absolute Gasteiger partial charge is 0.334 e. The zero-order valence-electron chi connectivity index (χ0n) is 10.9. The van der Waals surface area contributed by atoms with Crippen LogP contribution in [0.2, 0.25) is 0 Å². The molecular weight excluding hydrogens is 214 g/mol. The molecule has 2 aromatic rings. The van der Waals surface area contributed by atoms with Gasteiger partial charge in [0.2, 0.25) is 6.20 Å². The normalized spacial score (nSPS) is 13.9. The van der Waals surface area contributed by atoms with Crippen molar-refractivity contribution in [1.29, 1.82) is 0 Å². The van der Waals surface area contributed by atoms with Gasteiger partial charge in [-0.25, -0.2) is 4.98 Å². The van der Waals surface area contributed by atoms with Gasteiger partial charge in [0.25, 0.3) is 0 Å². The Kier molecular flexibility index (Phi) is 3.05. The minimum Gasteiger partial charge on any atom is -0.408 e. The molecule has 4 heteroatoms. The maximum Gasteiger partial charge on any atom is 0.334 e. The van der Waals surface area contributed by atoms with E-state index in [0.717, 1.165) is 18.0 Å². The minimum absolute atomic E-state index is 0.0580. The molecule has 2 aromatic heterocycles. The molecule has 0 aliphatic carbocycles. The van der Waals surface area contributed by atoms with Crippen LogP contribution in [0.25, 0.3) is 0 Å². The molecular formula is C13H20N3O+. The molecule has 0 radical (unpaired) electrons. The van der Waals surface area contributed by atoms with Crippen molar-refractivity contribution < 1.29 is 8.98 Å². The summed E-state index contributed by atoms with van der Waals surface area (Å²) in [5.41, 5.74) is 1.21. The summed E-state index contributed by atoms with van der Waals surface area (Å²) in [7, 11) is 0. The van der Waals surface area contributed by atoms with Crippen molar-refractivity contribution in [2.45, 2.75) is 45.6 Å². The summed E-state index contributed by atoms with van der Waals surface area (Å²) in [6, 6.07) is 0. The summed E-state index contributed by atoms with van der Waals surface area (Å²) in [5, 5.41) is 0. The first-order chi connectivity index (χ1) is 7.97. The Morgan fingerprint density at radius 1 is 1.47 bits per heavy atom. The Bertz CT molecular complexity index is 465. The van der Waals surface area contributed by atoms with Crippen molar-refractivity contribution in [3.05, 3.63) is 36.6 Å². The van der Waals surface area contributed by atoms with Crippen LogP contribution in [0.4, 0.5) is 0 Å². The molecule has 1 atom stereocenters.